The molecule has 0 saturated carbocycles. The van der Waals surface area contributed by atoms with Crippen molar-refractivity contribution in [2.45, 2.75) is 32.5 Å². The van der Waals surface area contributed by atoms with E-state index in [1.165, 1.54) is 0 Å². The predicted molar refractivity (Wildman–Crippen MR) is 76.5 cm³/mol. The Bertz CT molecular complexity index is 464. The Hall–Kier alpha value is -1.69. The molecule has 0 unspecified atom stereocenters. The van der Waals surface area contributed by atoms with Crippen molar-refractivity contribution < 1.29 is 9.53 Å². The Morgan fingerprint density at radius 2 is 2.30 bits per heavy atom. The molecular formula is C14H22N4O2. The predicted octanol–water partition coefficient (Wildman–Crippen LogP) is 0.939. The van der Waals surface area contributed by atoms with Crippen LogP contribution in [-0.4, -0.2) is 59.2 Å². The topological polar surface area (TPSA) is 58.6 Å². The third-order valence-corrected chi connectivity index (χ3v) is 3.24. The Morgan fingerprint density at radius 1 is 1.55 bits per heavy atom. The lowest BCUT2D eigenvalue weighted by atomic mass is 10.1. The minimum absolute atomic E-state index is 0.0597. The second kappa shape index (κ2) is 5.75. The van der Waals surface area contributed by atoms with E-state index in [0.29, 0.717) is 25.5 Å². The average molecular weight is 278 g/mol. The first-order valence-electron chi connectivity index (χ1n) is 6.80. The number of nitrogens with zero attached hydrogens (tertiary/aromatic N) is 4. The Kier molecular flexibility index (Phi) is 4.23. The van der Waals surface area contributed by atoms with Gasteiger partial charge in [-0.15, -0.1) is 0 Å². The van der Waals surface area contributed by atoms with Gasteiger partial charge in [-0.3, -0.25) is 9.78 Å². The van der Waals surface area contributed by atoms with E-state index in [-0.39, 0.29) is 17.6 Å². The van der Waals surface area contributed by atoms with Crippen LogP contribution in [0.2, 0.25) is 0 Å². The van der Waals surface area contributed by atoms with Crippen LogP contribution in [0.15, 0.2) is 18.6 Å². The Labute approximate surface area is 119 Å². The molecule has 1 aromatic heterocycles. The maximum atomic E-state index is 12.4. The highest BCUT2D eigenvalue weighted by Gasteiger charge is 2.33. The summed E-state index contributed by atoms with van der Waals surface area (Å²) in [5.74, 6) is 0.780. The number of likely N-dealkylation sites (N-methyl/N-ethyl adjacent to an activating group) is 1. The SMILES string of the molecule is C[C@@H]1CN(C(=O)CN(C)c2cnccn2)CC(C)(C)O1. The number of morpholine rings is 1. The lowest BCUT2D eigenvalue weighted by Gasteiger charge is -2.42. The zero-order valence-electron chi connectivity index (χ0n) is 12.5. The summed E-state index contributed by atoms with van der Waals surface area (Å²) in [6.45, 7) is 7.56. The van der Waals surface area contributed by atoms with E-state index in [4.69, 9.17) is 4.74 Å². The van der Waals surface area contributed by atoms with Crippen LogP contribution in [0.3, 0.4) is 0 Å². The van der Waals surface area contributed by atoms with Crippen molar-refractivity contribution in [1.29, 1.82) is 0 Å². The lowest BCUT2D eigenvalue weighted by molar-refractivity contribution is -0.156. The molecule has 1 aliphatic heterocycles. The molecular weight excluding hydrogens is 256 g/mol. The fourth-order valence-electron chi connectivity index (χ4n) is 2.52. The van der Waals surface area contributed by atoms with Gasteiger partial charge in [0.15, 0.2) is 0 Å². The summed E-state index contributed by atoms with van der Waals surface area (Å²) in [6.07, 6.45) is 4.95. The number of hydrogen-bond acceptors (Lipinski definition) is 5. The molecule has 0 N–H and O–H groups in total. The van der Waals surface area contributed by atoms with Gasteiger partial charge in [0.2, 0.25) is 5.91 Å². The molecule has 0 aromatic carbocycles. The van der Waals surface area contributed by atoms with E-state index in [0.717, 1.165) is 0 Å². The van der Waals surface area contributed by atoms with Gasteiger partial charge < -0.3 is 14.5 Å². The summed E-state index contributed by atoms with van der Waals surface area (Å²) < 4.78 is 5.81. The first-order valence-corrected chi connectivity index (χ1v) is 6.80. The molecule has 0 aliphatic carbocycles. The molecule has 1 aromatic rings. The quantitative estimate of drug-likeness (QED) is 0.823. The summed E-state index contributed by atoms with van der Waals surface area (Å²) in [7, 11) is 1.84. The number of carbonyl (C=O) groups is 1. The molecule has 1 saturated heterocycles. The normalized spacial score (nSPS) is 21.6. The van der Waals surface area contributed by atoms with Crippen LogP contribution in [-0.2, 0) is 9.53 Å². The van der Waals surface area contributed by atoms with Crippen molar-refractivity contribution in [2.24, 2.45) is 0 Å². The molecule has 1 fully saturated rings. The summed E-state index contributed by atoms with van der Waals surface area (Å²) in [4.78, 5) is 24.3. The summed E-state index contributed by atoms with van der Waals surface area (Å²) in [5, 5.41) is 0. The van der Waals surface area contributed by atoms with Gasteiger partial charge in [0.05, 0.1) is 24.4 Å². The van der Waals surface area contributed by atoms with Gasteiger partial charge in [0.25, 0.3) is 0 Å². The Balaban J connectivity index is 1.98. The van der Waals surface area contributed by atoms with Crippen molar-refractivity contribution in [2.75, 3.05) is 31.6 Å². The van der Waals surface area contributed by atoms with Gasteiger partial charge in [-0.1, -0.05) is 0 Å². The molecule has 0 radical (unpaired) electrons. The highest BCUT2D eigenvalue weighted by Crippen LogP contribution is 2.21. The van der Waals surface area contributed by atoms with Crippen LogP contribution in [0.5, 0.6) is 0 Å². The monoisotopic (exact) mass is 278 g/mol. The molecule has 1 amide bonds. The molecule has 0 bridgehead atoms. The number of rotatable bonds is 3. The van der Waals surface area contributed by atoms with E-state index >= 15 is 0 Å². The third kappa shape index (κ3) is 3.66. The van der Waals surface area contributed by atoms with Crippen LogP contribution in [0, 0.1) is 0 Å². The van der Waals surface area contributed by atoms with Gasteiger partial charge in [-0.25, -0.2) is 4.98 Å². The second-order valence-electron chi connectivity index (χ2n) is 5.88. The smallest absolute Gasteiger partial charge is 0.242 e. The van der Waals surface area contributed by atoms with Crippen molar-refractivity contribution in [3.8, 4) is 0 Å². The largest absolute Gasteiger partial charge is 0.369 e. The van der Waals surface area contributed by atoms with E-state index in [9.17, 15) is 4.79 Å². The second-order valence-corrected chi connectivity index (χ2v) is 5.88. The number of carbonyl (C=O) groups excluding carboxylic acids is 1. The van der Waals surface area contributed by atoms with E-state index in [1.807, 2.05) is 37.6 Å². The van der Waals surface area contributed by atoms with Crippen LogP contribution < -0.4 is 4.90 Å². The highest BCUT2D eigenvalue weighted by molar-refractivity contribution is 5.81. The lowest BCUT2D eigenvalue weighted by Crippen LogP contribution is -2.55. The number of anilines is 1. The molecule has 0 spiro atoms. The van der Waals surface area contributed by atoms with Crippen LogP contribution >= 0.6 is 0 Å². The summed E-state index contributed by atoms with van der Waals surface area (Å²) in [6, 6.07) is 0. The maximum absolute atomic E-state index is 12.4. The van der Waals surface area contributed by atoms with Crippen LogP contribution in [0.1, 0.15) is 20.8 Å². The van der Waals surface area contributed by atoms with Crippen molar-refractivity contribution in [3.05, 3.63) is 18.6 Å². The van der Waals surface area contributed by atoms with Crippen molar-refractivity contribution >= 4 is 11.7 Å². The Morgan fingerprint density at radius 3 is 2.90 bits per heavy atom. The van der Waals surface area contributed by atoms with Gasteiger partial charge in [0.1, 0.15) is 5.82 Å². The molecule has 1 atom stereocenters. The van der Waals surface area contributed by atoms with Crippen LogP contribution in [0.4, 0.5) is 5.82 Å². The van der Waals surface area contributed by atoms with Gasteiger partial charge in [0, 0.05) is 32.5 Å². The molecule has 2 heterocycles. The fourth-order valence-corrected chi connectivity index (χ4v) is 2.52. The van der Waals surface area contributed by atoms with Crippen molar-refractivity contribution in [1.82, 2.24) is 14.9 Å². The number of aromatic nitrogens is 2. The molecule has 6 nitrogen and oxygen atoms in total. The maximum Gasteiger partial charge on any atom is 0.242 e. The first-order chi connectivity index (χ1) is 9.37. The number of amides is 1. The van der Waals surface area contributed by atoms with E-state index < -0.39 is 0 Å². The molecule has 2 rings (SSSR count). The molecule has 1 aliphatic rings. The third-order valence-electron chi connectivity index (χ3n) is 3.24. The number of hydrogen-bond donors (Lipinski definition) is 0. The van der Waals surface area contributed by atoms with E-state index in [1.54, 1.807) is 18.6 Å². The van der Waals surface area contributed by atoms with E-state index in [2.05, 4.69) is 9.97 Å². The molecule has 20 heavy (non-hydrogen) atoms. The van der Waals surface area contributed by atoms with Gasteiger partial charge in [-0.2, -0.15) is 0 Å². The van der Waals surface area contributed by atoms with Crippen molar-refractivity contribution in [3.63, 3.8) is 0 Å². The minimum atomic E-state index is -0.293. The molecule has 110 valence electrons. The van der Waals surface area contributed by atoms with Gasteiger partial charge >= 0.3 is 0 Å². The summed E-state index contributed by atoms with van der Waals surface area (Å²) >= 11 is 0. The fraction of sp³-hybridized carbons (Fsp3) is 0.643. The average Bonchev–Trinajstić information content (AvgIpc) is 2.37. The van der Waals surface area contributed by atoms with Crippen LogP contribution in [0.25, 0.3) is 0 Å². The zero-order chi connectivity index (χ0) is 14.8. The zero-order valence-corrected chi connectivity index (χ0v) is 12.5. The minimum Gasteiger partial charge on any atom is -0.369 e. The standard InChI is InChI=1S/C14H22N4O2/c1-11-8-18(10-14(2,3)20-11)13(19)9-17(4)12-7-15-5-6-16-12/h5-7,11H,8-10H2,1-4H3/t11-/m1/s1. The number of ether oxygens (including phenoxy) is 1. The highest BCUT2D eigenvalue weighted by atomic mass is 16.5. The molecule has 6 heteroatoms. The first kappa shape index (κ1) is 14.7. The van der Waals surface area contributed by atoms with Gasteiger partial charge in [-0.05, 0) is 20.8 Å². The summed E-state index contributed by atoms with van der Waals surface area (Å²) in [5.41, 5.74) is -0.293.